The largest absolute Gasteiger partial charge is 0.498 e. The summed E-state index contributed by atoms with van der Waals surface area (Å²) in [4.78, 5) is 0. The highest BCUT2D eigenvalue weighted by Gasteiger charge is 2.38. The van der Waals surface area contributed by atoms with Crippen molar-refractivity contribution in [3.63, 3.8) is 0 Å². The maximum absolute atomic E-state index is 6.03. The summed E-state index contributed by atoms with van der Waals surface area (Å²) >= 11 is 0. The maximum Gasteiger partial charge on any atom is 0.0920 e. The molecule has 0 aromatic carbocycles. The lowest BCUT2D eigenvalue weighted by molar-refractivity contribution is 0.0391. The second-order valence-electron chi connectivity index (χ2n) is 8.29. The number of rotatable bonds is 5. The van der Waals surface area contributed by atoms with Crippen LogP contribution >= 0.6 is 0 Å². The highest BCUT2D eigenvalue weighted by atomic mass is 16.5. The van der Waals surface area contributed by atoms with Crippen molar-refractivity contribution in [1.82, 2.24) is 0 Å². The van der Waals surface area contributed by atoms with E-state index in [-0.39, 0.29) is 0 Å². The summed E-state index contributed by atoms with van der Waals surface area (Å²) < 4.78 is 6.03. The van der Waals surface area contributed by atoms with Crippen LogP contribution in [0.15, 0.2) is 11.8 Å². The van der Waals surface area contributed by atoms with E-state index >= 15 is 0 Å². The molecule has 0 spiro atoms. The first-order valence-electron chi connectivity index (χ1n) is 10.1. The quantitative estimate of drug-likeness (QED) is 0.576. The third kappa shape index (κ3) is 3.89. The normalized spacial score (nSPS) is 38.8. The van der Waals surface area contributed by atoms with E-state index in [9.17, 15) is 0 Å². The van der Waals surface area contributed by atoms with Crippen molar-refractivity contribution in [2.75, 3.05) is 6.61 Å². The summed E-state index contributed by atoms with van der Waals surface area (Å²) in [7, 11) is 0. The Balaban J connectivity index is 1.49. The fraction of sp³-hybridized carbons (Fsp3) is 0.905. The zero-order valence-corrected chi connectivity index (χ0v) is 14.9. The van der Waals surface area contributed by atoms with Gasteiger partial charge in [-0.3, -0.25) is 0 Å². The van der Waals surface area contributed by atoms with Gasteiger partial charge in [0.25, 0.3) is 0 Å². The molecule has 1 heteroatoms. The first kappa shape index (κ1) is 16.4. The minimum Gasteiger partial charge on any atom is -0.498 e. The molecule has 0 aromatic heterocycles. The van der Waals surface area contributed by atoms with E-state index < -0.39 is 0 Å². The SMILES string of the molecule is CCCC1=CCC(C2CCC3CC(CCC)CCC3C2)CO1. The van der Waals surface area contributed by atoms with Crippen LogP contribution in [0.3, 0.4) is 0 Å². The highest BCUT2D eigenvalue weighted by molar-refractivity contribution is 5.00. The summed E-state index contributed by atoms with van der Waals surface area (Å²) in [5, 5.41) is 0. The van der Waals surface area contributed by atoms with E-state index in [1.165, 1.54) is 63.5 Å². The summed E-state index contributed by atoms with van der Waals surface area (Å²) in [5.74, 6) is 6.20. The molecule has 3 rings (SSSR count). The van der Waals surface area contributed by atoms with Crippen molar-refractivity contribution in [3.8, 4) is 0 Å². The third-order valence-corrected chi connectivity index (χ3v) is 6.75. The van der Waals surface area contributed by atoms with Gasteiger partial charge in [0.05, 0.1) is 12.4 Å². The predicted molar refractivity (Wildman–Crippen MR) is 93.6 cm³/mol. The zero-order chi connectivity index (χ0) is 15.4. The Morgan fingerprint density at radius 3 is 2.32 bits per heavy atom. The van der Waals surface area contributed by atoms with Crippen LogP contribution in [-0.4, -0.2) is 6.61 Å². The molecule has 0 N–H and O–H groups in total. The molecule has 126 valence electrons. The van der Waals surface area contributed by atoms with Crippen LogP contribution < -0.4 is 0 Å². The molecule has 0 bridgehead atoms. The van der Waals surface area contributed by atoms with Crippen LogP contribution in [0.1, 0.15) is 84.5 Å². The van der Waals surface area contributed by atoms with Crippen LogP contribution in [0.5, 0.6) is 0 Å². The van der Waals surface area contributed by atoms with E-state index in [0.29, 0.717) is 0 Å². The van der Waals surface area contributed by atoms with Crippen molar-refractivity contribution in [1.29, 1.82) is 0 Å². The van der Waals surface area contributed by atoms with Gasteiger partial charge in [-0.2, -0.15) is 0 Å². The third-order valence-electron chi connectivity index (χ3n) is 6.75. The number of hydrogen-bond donors (Lipinski definition) is 0. The fourth-order valence-corrected chi connectivity index (χ4v) is 5.49. The molecular formula is C21H36O. The van der Waals surface area contributed by atoms with Gasteiger partial charge in [-0.1, -0.05) is 33.1 Å². The minimum absolute atomic E-state index is 0.815. The molecule has 1 heterocycles. The first-order chi connectivity index (χ1) is 10.8. The number of fused-ring (bicyclic) bond motifs is 1. The zero-order valence-electron chi connectivity index (χ0n) is 14.9. The average Bonchev–Trinajstić information content (AvgIpc) is 2.56. The lowest BCUT2D eigenvalue weighted by Crippen LogP contribution is -2.35. The standard InChI is InChI=1S/C21H36O/c1-3-5-16-7-8-18-14-19(10-9-17(18)13-16)20-11-12-21(6-4-2)22-15-20/h12,16-20H,3-11,13-15H2,1-2H3. The lowest BCUT2D eigenvalue weighted by Gasteiger charge is -2.44. The topological polar surface area (TPSA) is 9.23 Å². The molecule has 22 heavy (non-hydrogen) atoms. The molecule has 3 aliphatic rings. The molecule has 0 radical (unpaired) electrons. The van der Waals surface area contributed by atoms with E-state index in [1.807, 2.05) is 0 Å². The second kappa shape index (κ2) is 7.88. The molecule has 2 fully saturated rings. The van der Waals surface area contributed by atoms with Gasteiger partial charge in [-0.05, 0) is 80.6 Å². The molecular weight excluding hydrogens is 268 g/mol. The molecule has 0 saturated heterocycles. The summed E-state index contributed by atoms with van der Waals surface area (Å²) in [5.41, 5.74) is 0. The van der Waals surface area contributed by atoms with Gasteiger partial charge in [0, 0.05) is 6.42 Å². The molecule has 1 aliphatic heterocycles. The molecule has 1 nitrogen and oxygen atoms in total. The van der Waals surface area contributed by atoms with Crippen molar-refractivity contribution < 1.29 is 4.74 Å². The van der Waals surface area contributed by atoms with Crippen molar-refractivity contribution in [2.45, 2.75) is 84.5 Å². The molecule has 0 amide bonds. The van der Waals surface area contributed by atoms with Crippen LogP contribution in [0, 0.1) is 29.6 Å². The Bertz CT molecular complexity index is 372. The van der Waals surface area contributed by atoms with Crippen molar-refractivity contribution in [2.24, 2.45) is 29.6 Å². The van der Waals surface area contributed by atoms with E-state index in [4.69, 9.17) is 4.74 Å². The Hall–Kier alpha value is -0.460. The van der Waals surface area contributed by atoms with E-state index in [0.717, 1.165) is 42.6 Å². The molecule has 2 saturated carbocycles. The Morgan fingerprint density at radius 2 is 1.64 bits per heavy atom. The number of hydrogen-bond acceptors (Lipinski definition) is 1. The fourth-order valence-electron chi connectivity index (χ4n) is 5.49. The monoisotopic (exact) mass is 304 g/mol. The number of ether oxygens (including phenoxy) is 1. The van der Waals surface area contributed by atoms with Gasteiger partial charge < -0.3 is 4.74 Å². The van der Waals surface area contributed by atoms with Gasteiger partial charge in [0.15, 0.2) is 0 Å². The lowest BCUT2D eigenvalue weighted by atomic mass is 9.62. The Morgan fingerprint density at radius 1 is 0.909 bits per heavy atom. The maximum atomic E-state index is 6.03. The molecule has 2 aliphatic carbocycles. The van der Waals surface area contributed by atoms with Gasteiger partial charge in [0.2, 0.25) is 0 Å². The van der Waals surface area contributed by atoms with Crippen LogP contribution in [0.2, 0.25) is 0 Å². The van der Waals surface area contributed by atoms with Gasteiger partial charge in [0.1, 0.15) is 0 Å². The second-order valence-corrected chi connectivity index (χ2v) is 8.29. The van der Waals surface area contributed by atoms with Crippen molar-refractivity contribution >= 4 is 0 Å². The Kier molecular flexibility index (Phi) is 5.88. The summed E-state index contributed by atoms with van der Waals surface area (Å²) in [6, 6.07) is 0. The highest BCUT2D eigenvalue weighted by Crippen LogP contribution is 2.48. The molecule has 0 aromatic rings. The van der Waals surface area contributed by atoms with Crippen molar-refractivity contribution in [3.05, 3.63) is 11.8 Å². The number of allylic oxidation sites excluding steroid dienone is 2. The van der Waals surface area contributed by atoms with Gasteiger partial charge in [-0.25, -0.2) is 0 Å². The van der Waals surface area contributed by atoms with Crippen LogP contribution in [0.25, 0.3) is 0 Å². The molecule has 5 unspecified atom stereocenters. The Labute approximate surface area is 137 Å². The first-order valence-corrected chi connectivity index (χ1v) is 10.1. The summed E-state index contributed by atoms with van der Waals surface area (Å²) in [6.07, 6.45) is 18.0. The van der Waals surface area contributed by atoms with Gasteiger partial charge in [-0.15, -0.1) is 0 Å². The predicted octanol–water partition coefficient (Wildman–Crippen LogP) is 6.34. The smallest absolute Gasteiger partial charge is 0.0920 e. The van der Waals surface area contributed by atoms with Gasteiger partial charge >= 0.3 is 0 Å². The van der Waals surface area contributed by atoms with Crippen LogP contribution in [0.4, 0.5) is 0 Å². The average molecular weight is 305 g/mol. The van der Waals surface area contributed by atoms with Crippen LogP contribution in [-0.2, 0) is 4.74 Å². The molecule has 5 atom stereocenters. The summed E-state index contributed by atoms with van der Waals surface area (Å²) in [6.45, 7) is 5.60. The van der Waals surface area contributed by atoms with E-state index in [1.54, 1.807) is 6.42 Å². The minimum atomic E-state index is 0.815. The van der Waals surface area contributed by atoms with E-state index in [2.05, 4.69) is 19.9 Å².